The second-order valence-corrected chi connectivity index (χ2v) is 6.65. The molecule has 4 heterocycles. The molecular formula is C15H18BrN7O. The fraction of sp³-hybridized carbons (Fsp3) is 0.400. The molecule has 1 saturated heterocycles. The average molecular weight is 392 g/mol. The molecule has 0 aromatic carbocycles. The van der Waals surface area contributed by atoms with Crippen LogP contribution in [0, 0.1) is 0 Å². The van der Waals surface area contributed by atoms with Gasteiger partial charge >= 0.3 is 0 Å². The first-order valence-corrected chi connectivity index (χ1v) is 8.55. The Morgan fingerprint density at radius 3 is 3.00 bits per heavy atom. The molecule has 3 N–H and O–H groups in total. The predicted molar refractivity (Wildman–Crippen MR) is 93.6 cm³/mol. The van der Waals surface area contributed by atoms with Crippen LogP contribution in [0.5, 0.6) is 0 Å². The molecule has 8 nitrogen and oxygen atoms in total. The first kappa shape index (κ1) is 15.6. The van der Waals surface area contributed by atoms with Crippen molar-refractivity contribution in [2.45, 2.75) is 12.5 Å². The molecule has 4 rings (SSSR count). The van der Waals surface area contributed by atoms with Gasteiger partial charge in [0.25, 0.3) is 0 Å². The zero-order valence-corrected chi connectivity index (χ0v) is 14.8. The van der Waals surface area contributed by atoms with Crippen LogP contribution in [0.2, 0.25) is 0 Å². The highest BCUT2D eigenvalue weighted by molar-refractivity contribution is 9.10. The van der Waals surface area contributed by atoms with Crippen molar-refractivity contribution >= 4 is 27.4 Å². The van der Waals surface area contributed by atoms with E-state index in [1.54, 1.807) is 21.6 Å². The molecule has 0 spiro atoms. The number of hydrogen-bond acceptors (Lipinski definition) is 6. The molecule has 0 radical (unpaired) electrons. The topological polar surface area (TPSA) is 95.3 Å². The number of morpholine rings is 1. The van der Waals surface area contributed by atoms with E-state index in [4.69, 9.17) is 15.5 Å². The summed E-state index contributed by atoms with van der Waals surface area (Å²) in [5.41, 5.74) is 9.73. The Morgan fingerprint density at radius 2 is 2.29 bits per heavy atom. The van der Waals surface area contributed by atoms with E-state index >= 15 is 0 Å². The van der Waals surface area contributed by atoms with Gasteiger partial charge in [-0.1, -0.05) is 0 Å². The van der Waals surface area contributed by atoms with Crippen LogP contribution >= 0.6 is 15.9 Å². The van der Waals surface area contributed by atoms with Crippen molar-refractivity contribution in [3.63, 3.8) is 0 Å². The quantitative estimate of drug-likeness (QED) is 0.691. The fourth-order valence-corrected chi connectivity index (χ4v) is 3.33. The molecule has 1 unspecified atom stereocenters. The second kappa shape index (κ2) is 6.15. The zero-order chi connectivity index (χ0) is 16.7. The number of aryl methyl sites for hydroxylation is 1. The van der Waals surface area contributed by atoms with Crippen LogP contribution < -0.4 is 11.1 Å². The SMILES string of the molecule is Cn1cc(-c2cnn3c(N)c(Br)c(CC4CNCCO4)nc23)cn1. The Hall–Kier alpha value is -1.97. The molecule has 3 aromatic heterocycles. The Bertz CT molecular complexity index is 881. The van der Waals surface area contributed by atoms with Crippen molar-refractivity contribution in [1.82, 2.24) is 29.7 Å². The van der Waals surface area contributed by atoms with Crippen molar-refractivity contribution in [2.75, 3.05) is 25.4 Å². The fourth-order valence-electron chi connectivity index (χ4n) is 2.91. The first-order chi connectivity index (χ1) is 11.6. The monoisotopic (exact) mass is 391 g/mol. The van der Waals surface area contributed by atoms with Crippen molar-refractivity contribution in [3.05, 3.63) is 28.8 Å². The Kier molecular flexibility index (Phi) is 3.99. The smallest absolute Gasteiger partial charge is 0.165 e. The summed E-state index contributed by atoms with van der Waals surface area (Å²) in [5, 5.41) is 11.9. The number of halogens is 1. The number of hydrogen-bond donors (Lipinski definition) is 2. The van der Waals surface area contributed by atoms with E-state index in [0.717, 1.165) is 40.0 Å². The number of aromatic nitrogens is 5. The van der Waals surface area contributed by atoms with E-state index in [0.29, 0.717) is 18.8 Å². The molecule has 0 amide bonds. The molecular weight excluding hydrogens is 374 g/mol. The van der Waals surface area contributed by atoms with E-state index in [-0.39, 0.29) is 6.10 Å². The Labute approximate surface area is 147 Å². The van der Waals surface area contributed by atoms with Gasteiger partial charge in [0, 0.05) is 43.9 Å². The van der Waals surface area contributed by atoms with E-state index in [1.807, 2.05) is 13.2 Å². The molecule has 3 aromatic rings. The normalized spacial score (nSPS) is 18.3. The summed E-state index contributed by atoms with van der Waals surface area (Å²) in [7, 11) is 1.88. The third kappa shape index (κ3) is 2.68. The molecule has 0 aliphatic carbocycles. The molecule has 0 saturated carbocycles. The number of ether oxygens (including phenoxy) is 1. The van der Waals surface area contributed by atoms with Crippen LogP contribution in [-0.2, 0) is 18.2 Å². The number of nitrogens with two attached hydrogens (primary N) is 1. The molecule has 1 aliphatic heterocycles. The van der Waals surface area contributed by atoms with Gasteiger partial charge in [-0.3, -0.25) is 4.68 Å². The standard InChI is InChI=1S/C15H18BrN7O/c1-22-8-9(5-19-22)11-7-20-23-14(17)13(16)12(21-15(11)23)4-10-6-18-2-3-24-10/h5,7-8,10,18H,2-4,6,17H2,1H3. The van der Waals surface area contributed by atoms with E-state index in [9.17, 15) is 0 Å². The van der Waals surface area contributed by atoms with Crippen LogP contribution in [-0.4, -0.2) is 50.2 Å². The maximum absolute atomic E-state index is 6.26. The number of nitrogens with zero attached hydrogens (tertiary/aromatic N) is 5. The number of fused-ring (bicyclic) bond motifs is 1. The summed E-state index contributed by atoms with van der Waals surface area (Å²) in [6, 6.07) is 0. The molecule has 126 valence electrons. The van der Waals surface area contributed by atoms with E-state index in [1.165, 1.54) is 0 Å². The van der Waals surface area contributed by atoms with Crippen molar-refractivity contribution in [2.24, 2.45) is 7.05 Å². The molecule has 24 heavy (non-hydrogen) atoms. The number of anilines is 1. The minimum Gasteiger partial charge on any atom is -0.383 e. The van der Waals surface area contributed by atoms with Gasteiger partial charge in [-0.2, -0.15) is 14.7 Å². The summed E-state index contributed by atoms with van der Waals surface area (Å²) in [6.45, 7) is 2.42. The van der Waals surface area contributed by atoms with Crippen molar-refractivity contribution in [1.29, 1.82) is 0 Å². The van der Waals surface area contributed by atoms with Crippen LogP contribution in [0.15, 0.2) is 23.1 Å². The van der Waals surface area contributed by atoms with Gasteiger partial charge in [0.2, 0.25) is 0 Å². The Balaban J connectivity index is 1.78. The maximum atomic E-state index is 6.26. The van der Waals surface area contributed by atoms with E-state index < -0.39 is 0 Å². The average Bonchev–Trinajstić information content (AvgIpc) is 3.19. The molecule has 9 heteroatoms. The summed E-state index contributed by atoms with van der Waals surface area (Å²) >= 11 is 3.56. The number of nitrogen functional groups attached to an aromatic ring is 1. The highest BCUT2D eigenvalue weighted by Gasteiger charge is 2.21. The molecule has 1 fully saturated rings. The Morgan fingerprint density at radius 1 is 1.42 bits per heavy atom. The number of rotatable bonds is 3. The summed E-state index contributed by atoms with van der Waals surface area (Å²) in [5.74, 6) is 0.536. The van der Waals surface area contributed by atoms with Crippen LogP contribution in [0.3, 0.4) is 0 Å². The van der Waals surface area contributed by atoms with Crippen molar-refractivity contribution < 1.29 is 4.74 Å². The maximum Gasteiger partial charge on any atom is 0.165 e. The summed E-state index contributed by atoms with van der Waals surface area (Å²) in [4.78, 5) is 4.80. The lowest BCUT2D eigenvalue weighted by Crippen LogP contribution is -2.39. The van der Waals surface area contributed by atoms with Gasteiger partial charge in [0.15, 0.2) is 5.65 Å². The van der Waals surface area contributed by atoms with Gasteiger partial charge in [0.1, 0.15) is 5.82 Å². The van der Waals surface area contributed by atoms with Gasteiger partial charge in [-0.15, -0.1) is 0 Å². The lowest BCUT2D eigenvalue weighted by Gasteiger charge is -2.23. The third-order valence-corrected chi connectivity index (χ3v) is 5.00. The lowest BCUT2D eigenvalue weighted by atomic mass is 10.1. The van der Waals surface area contributed by atoms with Crippen LogP contribution in [0.4, 0.5) is 5.82 Å². The second-order valence-electron chi connectivity index (χ2n) is 5.86. The predicted octanol–water partition coefficient (Wildman–Crippen LogP) is 1.01. The highest BCUT2D eigenvalue weighted by atomic mass is 79.9. The van der Waals surface area contributed by atoms with Crippen LogP contribution in [0.25, 0.3) is 16.8 Å². The van der Waals surface area contributed by atoms with Gasteiger partial charge in [-0.25, -0.2) is 4.98 Å². The van der Waals surface area contributed by atoms with Crippen LogP contribution in [0.1, 0.15) is 5.69 Å². The zero-order valence-electron chi connectivity index (χ0n) is 13.2. The minimum absolute atomic E-state index is 0.0918. The number of nitrogens with one attached hydrogen (secondary N) is 1. The highest BCUT2D eigenvalue weighted by Crippen LogP contribution is 2.30. The first-order valence-electron chi connectivity index (χ1n) is 7.76. The molecule has 1 atom stereocenters. The largest absolute Gasteiger partial charge is 0.383 e. The van der Waals surface area contributed by atoms with E-state index in [2.05, 4.69) is 31.4 Å². The third-order valence-electron chi connectivity index (χ3n) is 4.13. The van der Waals surface area contributed by atoms with Gasteiger partial charge in [0.05, 0.1) is 35.3 Å². The molecule has 1 aliphatic rings. The van der Waals surface area contributed by atoms with Crippen molar-refractivity contribution in [3.8, 4) is 11.1 Å². The van der Waals surface area contributed by atoms with Gasteiger partial charge in [-0.05, 0) is 15.9 Å². The van der Waals surface area contributed by atoms with Gasteiger partial charge < -0.3 is 15.8 Å². The minimum atomic E-state index is 0.0918. The molecule has 0 bridgehead atoms. The summed E-state index contributed by atoms with van der Waals surface area (Å²) < 4.78 is 9.96. The lowest BCUT2D eigenvalue weighted by molar-refractivity contribution is 0.0286. The summed E-state index contributed by atoms with van der Waals surface area (Å²) in [6.07, 6.45) is 6.28.